The van der Waals surface area contributed by atoms with Gasteiger partial charge in [-0.1, -0.05) is 152 Å². The SMILES string of the molecule is CC/C=C/C=C/C=C/CCCCCCCCCC(=O)OCC(O)COP(=O)(O)OCC(O)COP(=O)(O)OCC(O)COC(=O)CCCCCCCCC/C=C\C/C=C\CCCCC. The second-order valence-corrected chi connectivity index (χ2v) is 18.7. The highest BCUT2D eigenvalue weighted by Gasteiger charge is 2.28. The van der Waals surface area contributed by atoms with Crippen LogP contribution < -0.4 is 0 Å². The molecule has 0 aromatic carbocycles. The molecule has 0 aliphatic rings. The Bertz CT molecular complexity index is 1380. The Labute approximate surface area is 384 Å². The molecule has 0 saturated heterocycles. The third-order valence-electron chi connectivity index (χ3n) is 9.52. The summed E-state index contributed by atoms with van der Waals surface area (Å²) in [6.07, 6.45) is 40.6. The number of aliphatic hydroxyl groups is 3. The van der Waals surface area contributed by atoms with E-state index in [9.17, 15) is 43.8 Å². The maximum atomic E-state index is 12.2. The van der Waals surface area contributed by atoms with E-state index >= 15 is 0 Å². The lowest BCUT2D eigenvalue weighted by molar-refractivity contribution is -0.148. The highest BCUT2D eigenvalue weighted by atomic mass is 31.2. The number of esters is 2. The van der Waals surface area contributed by atoms with Crippen molar-refractivity contribution in [3.05, 3.63) is 60.8 Å². The van der Waals surface area contributed by atoms with Gasteiger partial charge in [-0.05, 0) is 64.2 Å². The summed E-state index contributed by atoms with van der Waals surface area (Å²) in [6.45, 7) is 0.232. The zero-order chi connectivity index (χ0) is 47.4. The molecule has 0 spiro atoms. The third kappa shape index (κ3) is 44.9. The number of hydrogen-bond acceptors (Lipinski definition) is 13. The molecule has 5 unspecified atom stereocenters. The summed E-state index contributed by atoms with van der Waals surface area (Å²) in [5.74, 6) is -1.02. The van der Waals surface area contributed by atoms with Crippen LogP contribution in [0.4, 0.5) is 0 Å². The molecule has 15 nitrogen and oxygen atoms in total. The van der Waals surface area contributed by atoms with Crippen molar-refractivity contribution in [3.63, 3.8) is 0 Å². The van der Waals surface area contributed by atoms with Crippen LogP contribution in [0.3, 0.4) is 0 Å². The van der Waals surface area contributed by atoms with Gasteiger partial charge in [0.2, 0.25) is 0 Å². The number of allylic oxidation sites excluding steroid dienone is 10. The molecule has 5 N–H and O–H groups in total. The molecular formula is C47H84O15P2. The zero-order valence-electron chi connectivity index (χ0n) is 38.9. The summed E-state index contributed by atoms with van der Waals surface area (Å²) in [5.41, 5.74) is 0. The standard InChI is InChI=1S/C47H84O15P2/c1-3-5-7-9-11-13-15-17-19-20-22-24-26-28-30-32-34-36-47(52)58-38-44(49)40-60-64(55,56)62-42-45(50)41-61-63(53,54)59-39-43(48)37-57-46(51)35-33-31-29-27-25-23-21-18-16-14-12-10-8-6-4-2/h6,8,10-14,16-17,19,43-45,48-50H,3-5,7,9,15,18,20-42H2,1-2H3,(H,53,54)(H,55,56)/b8-6+,12-10+,13-11-,16-14+,19-17-. The molecule has 372 valence electrons. The van der Waals surface area contributed by atoms with Gasteiger partial charge < -0.3 is 34.6 Å². The topological polar surface area (TPSA) is 225 Å². The summed E-state index contributed by atoms with van der Waals surface area (Å²) in [7, 11) is -9.58. The second kappa shape index (κ2) is 43.3. The Morgan fingerprint density at radius 2 is 0.781 bits per heavy atom. The molecule has 0 aromatic heterocycles. The van der Waals surface area contributed by atoms with E-state index in [2.05, 4.69) is 74.5 Å². The molecule has 0 amide bonds. The van der Waals surface area contributed by atoms with Gasteiger partial charge in [0.1, 0.15) is 31.5 Å². The first-order valence-electron chi connectivity index (χ1n) is 23.7. The van der Waals surface area contributed by atoms with Crippen LogP contribution >= 0.6 is 15.6 Å². The summed E-state index contributed by atoms with van der Waals surface area (Å²) < 4.78 is 53.0. The fraction of sp³-hybridized carbons (Fsp3) is 0.745. The lowest BCUT2D eigenvalue weighted by Gasteiger charge is -2.19. The average molecular weight is 951 g/mol. The van der Waals surface area contributed by atoms with Crippen LogP contribution in [0.5, 0.6) is 0 Å². The molecule has 0 bridgehead atoms. The lowest BCUT2D eigenvalue weighted by Crippen LogP contribution is -2.25. The number of rotatable bonds is 45. The van der Waals surface area contributed by atoms with Crippen molar-refractivity contribution in [2.75, 3.05) is 39.6 Å². The zero-order valence-corrected chi connectivity index (χ0v) is 40.7. The quantitative estimate of drug-likeness (QED) is 0.0126. The van der Waals surface area contributed by atoms with Gasteiger partial charge in [0.15, 0.2) is 0 Å². The van der Waals surface area contributed by atoms with Gasteiger partial charge in [-0.3, -0.25) is 27.7 Å². The largest absolute Gasteiger partial charge is 0.472 e. The van der Waals surface area contributed by atoms with Crippen molar-refractivity contribution in [2.45, 2.75) is 186 Å². The molecule has 0 heterocycles. The number of unbranched alkanes of at least 4 members (excludes halogenated alkanes) is 17. The summed E-state index contributed by atoms with van der Waals surface area (Å²) in [6, 6.07) is 0. The monoisotopic (exact) mass is 951 g/mol. The van der Waals surface area contributed by atoms with E-state index in [1.165, 1.54) is 38.5 Å². The van der Waals surface area contributed by atoms with Crippen molar-refractivity contribution >= 4 is 27.6 Å². The Morgan fingerprint density at radius 3 is 1.19 bits per heavy atom. The van der Waals surface area contributed by atoms with Crippen LogP contribution in [0, 0.1) is 0 Å². The molecule has 64 heavy (non-hydrogen) atoms. The van der Waals surface area contributed by atoms with Crippen LogP contribution in [-0.2, 0) is 46.3 Å². The molecule has 5 atom stereocenters. The molecule has 0 aliphatic heterocycles. The third-order valence-corrected chi connectivity index (χ3v) is 11.4. The van der Waals surface area contributed by atoms with E-state index in [1.54, 1.807) is 0 Å². The lowest BCUT2D eigenvalue weighted by atomic mass is 10.1. The van der Waals surface area contributed by atoms with Gasteiger partial charge in [0.25, 0.3) is 0 Å². The second-order valence-electron chi connectivity index (χ2n) is 15.8. The normalized spacial score (nSPS) is 15.7. The molecule has 0 aromatic rings. The Morgan fingerprint density at radius 1 is 0.438 bits per heavy atom. The Kier molecular flexibility index (Phi) is 41.8. The van der Waals surface area contributed by atoms with Gasteiger partial charge in [-0.2, -0.15) is 0 Å². The number of carbonyl (C=O) groups is 2. The molecule has 0 radical (unpaired) electrons. The predicted molar refractivity (Wildman–Crippen MR) is 251 cm³/mol. The van der Waals surface area contributed by atoms with Crippen LogP contribution in [0.15, 0.2) is 60.8 Å². The maximum absolute atomic E-state index is 12.2. The summed E-state index contributed by atoms with van der Waals surface area (Å²) in [5, 5.41) is 30.0. The van der Waals surface area contributed by atoms with E-state index in [1.807, 2.05) is 18.2 Å². The fourth-order valence-corrected chi connectivity index (χ4v) is 7.42. The van der Waals surface area contributed by atoms with Crippen molar-refractivity contribution in [3.8, 4) is 0 Å². The fourth-order valence-electron chi connectivity index (χ4n) is 5.83. The number of phosphoric ester groups is 2. The van der Waals surface area contributed by atoms with Gasteiger partial charge >= 0.3 is 27.6 Å². The van der Waals surface area contributed by atoms with Gasteiger partial charge in [-0.15, -0.1) is 0 Å². The highest BCUT2D eigenvalue weighted by Crippen LogP contribution is 2.45. The van der Waals surface area contributed by atoms with Crippen LogP contribution in [0.1, 0.15) is 168 Å². The van der Waals surface area contributed by atoms with Crippen molar-refractivity contribution in [2.24, 2.45) is 0 Å². The summed E-state index contributed by atoms with van der Waals surface area (Å²) in [4.78, 5) is 43.7. The number of ether oxygens (including phenoxy) is 2. The molecule has 0 aliphatic carbocycles. The molecule has 0 fully saturated rings. The minimum atomic E-state index is -4.79. The van der Waals surface area contributed by atoms with Crippen molar-refractivity contribution < 1.29 is 71.4 Å². The van der Waals surface area contributed by atoms with Crippen LogP contribution in [-0.4, -0.2) is 95.0 Å². The number of aliphatic hydroxyl groups excluding tert-OH is 3. The van der Waals surface area contributed by atoms with E-state index < -0.39 is 85.5 Å². The Balaban J connectivity index is 3.91. The van der Waals surface area contributed by atoms with Crippen LogP contribution in [0.2, 0.25) is 0 Å². The molecule has 0 rings (SSSR count). The highest BCUT2D eigenvalue weighted by molar-refractivity contribution is 7.47. The number of carbonyl (C=O) groups excluding carboxylic acids is 2. The minimum absolute atomic E-state index is 0.181. The minimum Gasteiger partial charge on any atom is -0.463 e. The van der Waals surface area contributed by atoms with E-state index in [0.717, 1.165) is 89.9 Å². The van der Waals surface area contributed by atoms with Gasteiger partial charge in [0, 0.05) is 12.8 Å². The van der Waals surface area contributed by atoms with Crippen molar-refractivity contribution in [1.29, 1.82) is 0 Å². The van der Waals surface area contributed by atoms with E-state index in [4.69, 9.17) is 9.47 Å². The van der Waals surface area contributed by atoms with Crippen LogP contribution in [0.25, 0.3) is 0 Å². The van der Waals surface area contributed by atoms with Gasteiger partial charge in [0.05, 0.1) is 26.4 Å². The first-order valence-corrected chi connectivity index (χ1v) is 26.7. The smallest absolute Gasteiger partial charge is 0.463 e. The number of hydrogen-bond donors (Lipinski definition) is 5. The molecule has 0 saturated carbocycles. The summed E-state index contributed by atoms with van der Waals surface area (Å²) >= 11 is 0. The van der Waals surface area contributed by atoms with Crippen molar-refractivity contribution in [1.82, 2.24) is 0 Å². The number of phosphoric acid groups is 2. The maximum Gasteiger partial charge on any atom is 0.472 e. The molecule has 17 heteroatoms. The van der Waals surface area contributed by atoms with E-state index in [-0.39, 0.29) is 12.8 Å². The predicted octanol–water partition coefficient (Wildman–Crippen LogP) is 10.6. The molecular weight excluding hydrogens is 866 g/mol. The average Bonchev–Trinajstić information content (AvgIpc) is 3.27. The first kappa shape index (κ1) is 61.7. The van der Waals surface area contributed by atoms with Gasteiger partial charge in [-0.25, -0.2) is 9.13 Å². The first-order chi connectivity index (χ1) is 30.8. The van der Waals surface area contributed by atoms with E-state index in [0.29, 0.717) is 12.8 Å². The Hall–Kier alpha value is -2.26.